The van der Waals surface area contributed by atoms with Crippen LogP contribution in [0.3, 0.4) is 0 Å². The van der Waals surface area contributed by atoms with Gasteiger partial charge in [-0.05, 0) is 84.7 Å². The van der Waals surface area contributed by atoms with Crippen LogP contribution in [0.15, 0.2) is 50.9 Å². The first kappa shape index (κ1) is 23.0. The molecule has 3 rings (SSSR count). The van der Waals surface area contributed by atoms with Gasteiger partial charge in [-0.15, -0.1) is 0 Å². The van der Waals surface area contributed by atoms with Gasteiger partial charge in [0.15, 0.2) is 11.5 Å². The minimum atomic E-state index is -0.800. The van der Waals surface area contributed by atoms with Gasteiger partial charge in [-0.3, -0.25) is 14.9 Å². The van der Waals surface area contributed by atoms with Gasteiger partial charge in [-0.1, -0.05) is 15.9 Å². The third kappa shape index (κ3) is 5.16. The van der Waals surface area contributed by atoms with Gasteiger partial charge >= 0.3 is 6.03 Å². The molecule has 1 aliphatic rings. The fourth-order valence-corrected chi connectivity index (χ4v) is 3.75. The first-order valence-electron chi connectivity index (χ1n) is 9.51. The minimum Gasteiger partial charge on any atom is -0.490 e. The number of nitrogens with one attached hydrogen (secondary N) is 1. The average Bonchev–Trinajstić information content (AvgIpc) is 2.69. The molecule has 0 atom stereocenters. The van der Waals surface area contributed by atoms with Crippen LogP contribution in [0.25, 0.3) is 6.08 Å². The molecular formula is C22H20Br2N2O5. The smallest absolute Gasteiger partial charge is 0.335 e. The molecule has 0 spiro atoms. The number of barbiturate groups is 1. The fraction of sp³-hybridized carbons (Fsp3) is 0.227. The van der Waals surface area contributed by atoms with Crippen molar-refractivity contribution in [2.24, 2.45) is 0 Å². The van der Waals surface area contributed by atoms with Gasteiger partial charge in [0.2, 0.25) is 0 Å². The summed E-state index contributed by atoms with van der Waals surface area (Å²) < 4.78 is 12.9. The van der Waals surface area contributed by atoms with Crippen molar-refractivity contribution in [3.05, 3.63) is 56.5 Å². The highest BCUT2D eigenvalue weighted by Gasteiger charge is 2.36. The summed E-state index contributed by atoms with van der Waals surface area (Å²) in [6.07, 6.45) is 1.35. The number of rotatable bonds is 6. The summed E-state index contributed by atoms with van der Waals surface area (Å²) in [5.41, 5.74) is 0.713. The van der Waals surface area contributed by atoms with Gasteiger partial charge in [0.05, 0.1) is 22.9 Å². The highest BCUT2D eigenvalue weighted by atomic mass is 79.9. The molecule has 2 aromatic carbocycles. The fourth-order valence-electron chi connectivity index (χ4n) is 2.93. The largest absolute Gasteiger partial charge is 0.490 e. The molecule has 162 valence electrons. The van der Waals surface area contributed by atoms with E-state index in [0.29, 0.717) is 33.8 Å². The molecule has 4 amide bonds. The van der Waals surface area contributed by atoms with Crippen molar-refractivity contribution >= 4 is 61.5 Å². The lowest BCUT2D eigenvalue weighted by Crippen LogP contribution is -2.54. The molecule has 0 radical (unpaired) electrons. The second kappa shape index (κ2) is 9.65. The number of imide groups is 2. The number of carbonyl (C=O) groups is 3. The van der Waals surface area contributed by atoms with Crippen LogP contribution >= 0.6 is 31.9 Å². The molecule has 1 aliphatic heterocycles. The zero-order valence-electron chi connectivity index (χ0n) is 17.1. The molecule has 0 bridgehead atoms. The van der Waals surface area contributed by atoms with Crippen LogP contribution in [0.5, 0.6) is 11.5 Å². The van der Waals surface area contributed by atoms with Crippen LogP contribution in [-0.2, 0) is 9.59 Å². The van der Waals surface area contributed by atoms with E-state index in [1.54, 1.807) is 36.4 Å². The highest BCUT2D eigenvalue weighted by Crippen LogP contribution is 2.38. The summed E-state index contributed by atoms with van der Waals surface area (Å²) >= 11 is 6.78. The van der Waals surface area contributed by atoms with E-state index in [-0.39, 0.29) is 11.7 Å². The first-order chi connectivity index (χ1) is 14.7. The Kier molecular flexibility index (Phi) is 7.17. The number of amides is 4. The molecule has 1 saturated heterocycles. The van der Waals surface area contributed by atoms with Crippen molar-refractivity contribution in [1.29, 1.82) is 0 Å². The van der Waals surface area contributed by atoms with Crippen molar-refractivity contribution in [2.45, 2.75) is 26.9 Å². The summed E-state index contributed by atoms with van der Waals surface area (Å²) in [7, 11) is 0. The number of halogens is 2. The van der Waals surface area contributed by atoms with Crippen LogP contribution in [0.2, 0.25) is 0 Å². The van der Waals surface area contributed by atoms with Crippen LogP contribution in [0.1, 0.15) is 26.3 Å². The Bertz CT molecular complexity index is 1060. The summed E-state index contributed by atoms with van der Waals surface area (Å²) in [5, 5.41) is 2.21. The monoisotopic (exact) mass is 550 g/mol. The Morgan fingerprint density at radius 3 is 2.39 bits per heavy atom. The second-order valence-electron chi connectivity index (χ2n) is 6.86. The van der Waals surface area contributed by atoms with E-state index in [1.807, 2.05) is 20.8 Å². The third-order valence-electron chi connectivity index (χ3n) is 4.18. The lowest BCUT2D eigenvalue weighted by atomic mass is 10.1. The van der Waals surface area contributed by atoms with E-state index in [2.05, 4.69) is 37.2 Å². The molecule has 1 N–H and O–H groups in total. The Labute approximate surface area is 196 Å². The normalized spacial score (nSPS) is 15.5. The van der Waals surface area contributed by atoms with E-state index < -0.39 is 17.8 Å². The number of urea groups is 1. The van der Waals surface area contributed by atoms with E-state index in [1.165, 1.54) is 6.08 Å². The number of hydrogen-bond donors (Lipinski definition) is 1. The SMILES string of the molecule is CCOc1cc(/C=C2\C(=O)NC(=O)N(c3ccc(Br)cc3)C2=O)cc(Br)c1OC(C)C. The number of hydrogen-bond acceptors (Lipinski definition) is 5. The summed E-state index contributed by atoms with van der Waals surface area (Å²) in [6.45, 7) is 6.05. The number of anilines is 1. The van der Waals surface area contributed by atoms with Gasteiger partial charge in [-0.25, -0.2) is 9.69 Å². The molecule has 0 aliphatic carbocycles. The second-order valence-corrected chi connectivity index (χ2v) is 8.63. The summed E-state index contributed by atoms with van der Waals surface area (Å²) in [6, 6.07) is 9.22. The Morgan fingerprint density at radius 1 is 1.10 bits per heavy atom. The van der Waals surface area contributed by atoms with Crippen LogP contribution in [0.4, 0.5) is 10.5 Å². The molecule has 2 aromatic rings. The molecule has 7 nitrogen and oxygen atoms in total. The number of nitrogens with zero attached hydrogens (tertiary/aromatic N) is 1. The lowest BCUT2D eigenvalue weighted by Gasteiger charge is -2.26. The summed E-state index contributed by atoms with van der Waals surface area (Å²) in [4.78, 5) is 38.7. The average molecular weight is 552 g/mol. The maximum absolute atomic E-state index is 13.0. The first-order valence-corrected chi connectivity index (χ1v) is 11.1. The van der Waals surface area contributed by atoms with Gasteiger partial charge in [0, 0.05) is 4.47 Å². The number of benzene rings is 2. The topological polar surface area (TPSA) is 84.9 Å². The molecule has 31 heavy (non-hydrogen) atoms. The molecule has 9 heteroatoms. The zero-order valence-corrected chi connectivity index (χ0v) is 20.2. The van der Waals surface area contributed by atoms with E-state index >= 15 is 0 Å². The Balaban J connectivity index is 2.02. The van der Waals surface area contributed by atoms with Crippen LogP contribution in [-0.4, -0.2) is 30.6 Å². The molecule has 1 fully saturated rings. The van der Waals surface area contributed by atoms with Crippen LogP contribution in [0, 0.1) is 0 Å². The predicted octanol–water partition coefficient (Wildman–Crippen LogP) is 5.06. The molecule has 0 unspecified atom stereocenters. The predicted molar refractivity (Wildman–Crippen MR) is 124 cm³/mol. The van der Waals surface area contributed by atoms with E-state index in [9.17, 15) is 14.4 Å². The van der Waals surface area contributed by atoms with E-state index in [4.69, 9.17) is 9.47 Å². The number of ether oxygens (including phenoxy) is 2. The van der Waals surface area contributed by atoms with Gasteiger partial charge in [0.1, 0.15) is 5.57 Å². The Morgan fingerprint density at radius 2 is 1.77 bits per heavy atom. The maximum atomic E-state index is 13.0. The minimum absolute atomic E-state index is 0.0732. The summed E-state index contributed by atoms with van der Waals surface area (Å²) in [5.74, 6) is -0.473. The highest BCUT2D eigenvalue weighted by molar-refractivity contribution is 9.10. The van der Waals surface area contributed by atoms with Crippen molar-refractivity contribution < 1.29 is 23.9 Å². The van der Waals surface area contributed by atoms with Crippen molar-refractivity contribution in [3.8, 4) is 11.5 Å². The van der Waals surface area contributed by atoms with Crippen molar-refractivity contribution in [2.75, 3.05) is 11.5 Å². The molecular weight excluding hydrogens is 532 g/mol. The zero-order chi connectivity index (χ0) is 22.7. The van der Waals surface area contributed by atoms with Gasteiger partial charge in [0.25, 0.3) is 11.8 Å². The third-order valence-corrected chi connectivity index (χ3v) is 5.30. The van der Waals surface area contributed by atoms with Crippen molar-refractivity contribution in [3.63, 3.8) is 0 Å². The standard InChI is InChI=1S/C22H20Br2N2O5/c1-4-30-18-11-13(10-17(24)19(18)31-12(2)3)9-16-20(27)25-22(29)26(21(16)28)15-7-5-14(23)6-8-15/h5-12H,4H2,1-3H3,(H,25,27,29)/b16-9+. The molecule has 0 aromatic heterocycles. The number of carbonyl (C=O) groups excluding carboxylic acids is 3. The Hall–Kier alpha value is -2.65. The molecule has 0 saturated carbocycles. The molecule has 1 heterocycles. The van der Waals surface area contributed by atoms with Gasteiger partial charge < -0.3 is 9.47 Å². The van der Waals surface area contributed by atoms with Gasteiger partial charge in [-0.2, -0.15) is 0 Å². The van der Waals surface area contributed by atoms with Crippen LogP contribution < -0.4 is 19.7 Å². The van der Waals surface area contributed by atoms with E-state index in [0.717, 1.165) is 9.37 Å². The quantitative estimate of drug-likeness (QED) is 0.400. The van der Waals surface area contributed by atoms with Crippen molar-refractivity contribution in [1.82, 2.24) is 5.32 Å². The lowest BCUT2D eigenvalue weighted by molar-refractivity contribution is -0.122. The maximum Gasteiger partial charge on any atom is 0.335 e.